The van der Waals surface area contributed by atoms with E-state index in [4.69, 9.17) is 11.6 Å². The molecule has 1 atom stereocenters. The topological polar surface area (TPSA) is 59.8 Å². The predicted octanol–water partition coefficient (Wildman–Crippen LogP) is 1.36. The van der Waals surface area contributed by atoms with E-state index in [9.17, 15) is 4.79 Å². The fraction of sp³-hybridized carbons (Fsp3) is 0.462. The molecule has 3 heterocycles. The summed E-state index contributed by atoms with van der Waals surface area (Å²) in [5, 5.41) is 4.37. The van der Waals surface area contributed by atoms with Gasteiger partial charge in [-0.2, -0.15) is 4.98 Å². The van der Waals surface area contributed by atoms with E-state index >= 15 is 0 Å². The van der Waals surface area contributed by atoms with Gasteiger partial charge in [-0.1, -0.05) is 0 Å². The first-order chi connectivity index (χ1) is 9.15. The Kier molecular flexibility index (Phi) is 3.24. The molecule has 0 radical (unpaired) electrons. The molecule has 2 aromatic heterocycles. The number of nitrogens with zero attached hydrogens (tertiary/aromatic N) is 3. The zero-order valence-electron chi connectivity index (χ0n) is 10.7. The first-order valence-electron chi connectivity index (χ1n) is 6.38. The number of hydrogen-bond donors (Lipinski definition) is 1. The van der Waals surface area contributed by atoms with E-state index in [1.807, 2.05) is 6.92 Å². The van der Waals surface area contributed by atoms with E-state index in [0.29, 0.717) is 18.1 Å². The van der Waals surface area contributed by atoms with Crippen molar-refractivity contribution >= 4 is 22.6 Å². The van der Waals surface area contributed by atoms with Crippen LogP contribution in [0, 0.1) is 12.8 Å². The maximum absolute atomic E-state index is 12.2. The van der Waals surface area contributed by atoms with Crippen LogP contribution >= 0.6 is 11.6 Å². The Morgan fingerprint density at radius 1 is 1.58 bits per heavy atom. The highest BCUT2D eigenvalue weighted by Gasteiger charge is 2.18. The third-order valence-corrected chi connectivity index (χ3v) is 3.81. The summed E-state index contributed by atoms with van der Waals surface area (Å²) >= 11 is 5.86. The number of pyridine rings is 1. The molecule has 0 bridgehead atoms. The van der Waals surface area contributed by atoms with E-state index in [1.165, 1.54) is 0 Å². The van der Waals surface area contributed by atoms with Gasteiger partial charge in [-0.15, -0.1) is 0 Å². The van der Waals surface area contributed by atoms with Crippen LogP contribution in [-0.2, 0) is 6.54 Å². The molecule has 6 heteroatoms. The summed E-state index contributed by atoms with van der Waals surface area (Å²) in [6, 6.07) is 1.64. The third-order valence-electron chi connectivity index (χ3n) is 3.63. The average molecular weight is 279 g/mol. The van der Waals surface area contributed by atoms with Crippen molar-refractivity contribution in [3.63, 3.8) is 0 Å². The Labute approximate surface area is 115 Å². The summed E-state index contributed by atoms with van der Waals surface area (Å²) in [7, 11) is 0. The number of nitrogens with one attached hydrogen (secondary N) is 1. The lowest BCUT2D eigenvalue weighted by Crippen LogP contribution is -2.26. The highest BCUT2D eigenvalue weighted by atomic mass is 35.5. The largest absolute Gasteiger partial charge is 0.316 e. The lowest BCUT2D eigenvalue weighted by atomic mass is 10.1. The molecule has 5 nitrogen and oxygen atoms in total. The molecule has 0 aromatic carbocycles. The predicted molar refractivity (Wildman–Crippen MR) is 74.5 cm³/mol. The smallest absolute Gasteiger partial charge is 0.252 e. The molecule has 0 saturated carbocycles. The van der Waals surface area contributed by atoms with Crippen molar-refractivity contribution in [3.05, 3.63) is 33.5 Å². The number of fused-ring (bicyclic) bond motifs is 1. The van der Waals surface area contributed by atoms with E-state index < -0.39 is 0 Å². The van der Waals surface area contributed by atoms with E-state index in [2.05, 4.69) is 15.3 Å². The molecule has 2 aromatic rings. The van der Waals surface area contributed by atoms with Gasteiger partial charge < -0.3 is 5.32 Å². The second kappa shape index (κ2) is 4.90. The van der Waals surface area contributed by atoms with Crippen LogP contribution in [0.1, 0.15) is 12.0 Å². The van der Waals surface area contributed by atoms with Gasteiger partial charge >= 0.3 is 0 Å². The molecule has 1 saturated heterocycles. The minimum atomic E-state index is -0.0216. The summed E-state index contributed by atoms with van der Waals surface area (Å²) in [4.78, 5) is 20.4. The van der Waals surface area contributed by atoms with Crippen molar-refractivity contribution in [1.29, 1.82) is 0 Å². The molecule has 1 fully saturated rings. The normalized spacial score (nSPS) is 19.2. The zero-order valence-corrected chi connectivity index (χ0v) is 11.4. The Morgan fingerprint density at radius 3 is 3.16 bits per heavy atom. The molecule has 3 rings (SSSR count). The molecule has 1 unspecified atom stereocenters. The van der Waals surface area contributed by atoms with Crippen LogP contribution in [0.15, 0.2) is 17.1 Å². The average Bonchev–Trinajstić information content (AvgIpc) is 2.87. The molecule has 1 aliphatic heterocycles. The van der Waals surface area contributed by atoms with Crippen LogP contribution in [0.3, 0.4) is 0 Å². The van der Waals surface area contributed by atoms with Crippen LogP contribution in [-0.4, -0.2) is 27.6 Å². The minimum absolute atomic E-state index is 0.0216. The lowest BCUT2D eigenvalue weighted by Gasteiger charge is -2.14. The molecule has 100 valence electrons. The van der Waals surface area contributed by atoms with Crippen molar-refractivity contribution in [2.45, 2.75) is 19.9 Å². The first-order valence-corrected chi connectivity index (χ1v) is 6.76. The van der Waals surface area contributed by atoms with E-state index in [-0.39, 0.29) is 10.8 Å². The monoisotopic (exact) mass is 278 g/mol. The van der Waals surface area contributed by atoms with Gasteiger partial charge in [-0.05, 0) is 49.5 Å². The molecular formula is C13H15ClN4O. The van der Waals surface area contributed by atoms with Crippen LogP contribution in [0.5, 0.6) is 0 Å². The van der Waals surface area contributed by atoms with Gasteiger partial charge in [0.1, 0.15) is 5.65 Å². The number of aryl methyl sites for hydroxylation is 1. The molecule has 19 heavy (non-hydrogen) atoms. The molecule has 0 spiro atoms. The van der Waals surface area contributed by atoms with Gasteiger partial charge in [-0.25, -0.2) is 4.98 Å². The standard InChI is InChI=1S/C13H15ClN4O/c1-8-4-11(19)18(7-9-2-3-15-5-9)12-10(8)6-16-13(14)17-12/h4,6,9,15H,2-3,5,7H2,1H3. The van der Waals surface area contributed by atoms with Crippen LogP contribution < -0.4 is 10.9 Å². The highest BCUT2D eigenvalue weighted by Crippen LogP contribution is 2.18. The Balaban J connectivity index is 2.15. The molecular weight excluding hydrogens is 264 g/mol. The van der Waals surface area contributed by atoms with Crippen molar-refractivity contribution in [1.82, 2.24) is 19.9 Å². The Morgan fingerprint density at radius 2 is 2.42 bits per heavy atom. The van der Waals surface area contributed by atoms with Crippen molar-refractivity contribution in [2.75, 3.05) is 13.1 Å². The summed E-state index contributed by atoms with van der Waals surface area (Å²) < 4.78 is 1.72. The summed E-state index contributed by atoms with van der Waals surface area (Å²) in [6.07, 6.45) is 2.77. The van der Waals surface area contributed by atoms with Gasteiger partial charge in [-0.3, -0.25) is 9.36 Å². The van der Waals surface area contributed by atoms with Gasteiger partial charge in [0.2, 0.25) is 5.28 Å². The minimum Gasteiger partial charge on any atom is -0.316 e. The summed E-state index contributed by atoms with van der Waals surface area (Å²) in [5.74, 6) is 0.470. The second-order valence-corrected chi connectivity index (χ2v) is 5.35. The Hall–Kier alpha value is -1.46. The lowest BCUT2D eigenvalue weighted by molar-refractivity contribution is 0.480. The van der Waals surface area contributed by atoms with Gasteiger partial charge in [0.15, 0.2) is 0 Å². The Bertz CT molecular complexity index is 676. The third kappa shape index (κ3) is 2.35. The number of halogens is 1. The van der Waals surface area contributed by atoms with Crippen molar-refractivity contribution < 1.29 is 0 Å². The summed E-state index contributed by atoms with van der Waals surface area (Å²) in [6.45, 7) is 4.53. The maximum atomic E-state index is 12.2. The van der Waals surface area contributed by atoms with Crippen molar-refractivity contribution in [2.24, 2.45) is 5.92 Å². The van der Waals surface area contributed by atoms with E-state index in [0.717, 1.165) is 30.5 Å². The number of hydrogen-bond acceptors (Lipinski definition) is 4. The van der Waals surface area contributed by atoms with Gasteiger partial charge in [0, 0.05) is 24.2 Å². The molecule has 0 aliphatic carbocycles. The van der Waals surface area contributed by atoms with Crippen LogP contribution in [0.4, 0.5) is 0 Å². The number of aromatic nitrogens is 3. The zero-order chi connectivity index (χ0) is 13.4. The SMILES string of the molecule is Cc1cc(=O)n(CC2CCNC2)c2nc(Cl)ncc12. The van der Waals surface area contributed by atoms with Gasteiger partial charge in [0.25, 0.3) is 5.56 Å². The molecule has 0 amide bonds. The van der Waals surface area contributed by atoms with E-state index in [1.54, 1.807) is 16.8 Å². The molecule has 1 aliphatic rings. The quantitative estimate of drug-likeness (QED) is 0.843. The fourth-order valence-electron chi connectivity index (χ4n) is 2.59. The van der Waals surface area contributed by atoms with Gasteiger partial charge in [0.05, 0.1) is 0 Å². The highest BCUT2D eigenvalue weighted by molar-refractivity contribution is 6.28. The van der Waals surface area contributed by atoms with Crippen molar-refractivity contribution in [3.8, 4) is 0 Å². The fourth-order valence-corrected chi connectivity index (χ4v) is 2.71. The maximum Gasteiger partial charge on any atom is 0.252 e. The van der Waals surface area contributed by atoms with Crippen LogP contribution in [0.2, 0.25) is 5.28 Å². The summed E-state index contributed by atoms with van der Waals surface area (Å²) in [5.41, 5.74) is 1.50. The number of rotatable bonds is 2. The molecule has 1 N–H and O–H groups in total. The second-order valence-electron chi connectivity index (χ2n) is 5.01. The van der Waals surface area contributed by atoms with Crippen LogP contribution in [0.25, 0.3) is 11.0 Å². The first kappa shape index (κ1) is 12.6.